The maximum atomic E-state index is 13.1. The van der Waals surface area contributed by atoms with Gasteiger partial charge < -0.3 is 9.64 Å². The largest absolute Gasteiger partial charge is 0.465 e. The van der Waals surface area contributed by atoms with Gasteiger partial charge in [0.15, 0.2) is 0 Å². The fourth-order valence-corrected chi connectivity index (χ4v) is 4.82. The molecule has 1 amide bonds. The van der Waals surface area contributed by atoms with E-state index in [9.17, 15) is 18.0 Å². The molecule has 1 aliphatic heterocycles. The third-order valence-corrected chi connectivity index (χ3v) is 6.38. The molecule has 30 heavy (non-hydrogen) atoms. The summed E-state index contributed by atoms with van der Waals surface area (Å²) in [6.45, 7) is 1.62. The van der Waals surface area contributed by atoms with Crippen molar-refractivity contribution in [3.63, 3.8) is 0 Å². The van der Waals surface area contributed by atoms with Crippen LogP contribution in [0.1, 0.15) is 18.1 Å². The standard InChI is InChI=1S/C22H24N2O5S/c1-2-29-21(25)16-23-13-14-24(30(27,28)17-19-11-7-4-8-12-19)20(22(23)26)15-18-9-5-3-6-10-18/h3-14,20H,2,15-17H2,1H3. The molecule has 1 heterocycles. The monoisotopic (exact) mass is 428 g/mol. The van der Waals surface area contributed by atoms with E-state index in [-0.39, 0.29) is 25.3 Å². The fourth-order valence-electron chi connectivity index (χ4n) is 3.26. The number of hydrogen-bond donors (Lipinski definition) is 0. The molecule has 3 rings (SSSR count). The molecule has 2 aromatic rings. The van der Waals surface area contributed by atoms with Crippen molar-refractivity contribution in [1.29, 1.82) is 0 Å². The zero-order valence-corrected chi connectivity index (χ0v) is 17.5. The van der Waals surface area contributed by atoms with E-state index in [0.29, 0.717) is 5.56 Å². The van der Waals surface area contributed by atoms with Crippen LogP contribution >= 0.6 is 0 Å². The quantitative estimate of drug-likeness (QED) is 0.603. The van der Waals surface area contributed by atoms with E-state index in [1.54, 1.807) is 31.2 Å². The highest BCUT2D eigenvalue weighted by Gasteiger charge is 2.38. The predicted molar refractivity (Wildman–Crippen MR) is 112 cm³/mol. The van der Waals surface area contributed by atoms with Crippen molar-refractivity contribution >= 4 is 21.9 Å². The number of benzene rings is 2. The lowest BCUT2D eigenvalue weighted by molar-refractivity contribution is -0.148. The van der Waals surface area contributed by atoms with Crippen LogP contribution in [0.3, 0.4) is 0 Å². The normalized spacial score (nSPS) is 16.6. The first-order valence-electron chi connectivity index (χ1n) is 9.64. The Balaban J connectivity index is 1.90. The van der Waals surface area contributed by atoms with Gasteiger partial charge in [-0.15, -0.1) is 0 Å². The molecular formula is C22H24N2O5S. The summed E-state index contributed by atoms with van der Waals surface area (Å²) in [7, 11) is -3.82. The molecule has 1 unspecified atom stereocenters. The number of rotatable bonds is 8. The zero-order valence-electron chi connectivity index (χ0n) is 16.7. The van der Waals surface area contributed by atoms with Crippen LogP contribution in [0.4, 0.5) is 0 Å². The molecule has 0 aliphatic carbocycles. The van der Waals surface area contributed by atoms with E-state index in [1.165, 1.54) is 17.3 Å². The third-order valence-electron chi connectivity index (χ3n) is 4.66. The molecule has 0 bridgehead atoms. The second-order valence-electron chi connectivity index (χ2n) is 6.85. The first kappa shape index (κ1) is 21.6. The summed E-state index contributed by atoms with van der Waals surface area (Å²) in [5.74, 6) is -1.24. The van der Waals surface area contributed by atoms with Gasteiger partial charge in [-0.05, 0) is 18.1 Å². The Morgan fingerprint density at radius 1 is 0.967 bits per heavy atom. The van der Waals surface area contributed by atoms with Crippen molar-refractivity contribution in [2.45, 2.75) is 25.1 Å². The van der Waals surface area contributed by atoms with Gasteiger partial charge in [-0.3, -0.25) is 13.9 Å². The summed E-state index contributed by atoms with van der Waals surface area (Å²) >= 11 is 0. The second kappa shape index (κ2) is 9.58. The molecule has 1 aliphatic rings. The third kappa shape index (κ3) is 5.27. The van der Waals surface area contributed by atoms with E-state index in [4.69, 9.17) is 4.74 Å². The lowest BCUT2D eigenvalue weighted by Gasteiger charge is -2.36. The Bertz CT molecular complexity index is 1010. The summed E-state index contributed by atoms with van der Waals surface area (Å²) in [5.41, 5.74) is 1.45. The van der Waals surface area contributed by atoms with Gasteiger partial charge >= 0.3 is 5.97 Å². The Morgan fingerprint density at radius 2 is 1.57 bits per heavy atom. The van der Waals surface area contributed by atoms with Crippen LogP contribution < -0.4 is 0 Å². The Hall–Kier alpha value is -3.13. The Labute approximate surface area is 176 Å². The number of nitrogens with zero attached hydrogens (tertiary/aromatic N) is 2. The van der Waals surface area contributed by atoms with E-state index >= 15 is 0 Å². The second-order valence-corrected chi connectivity index (χ2v) is 8.72. The molecule has 0 aromatic heterocycles. The van der Waals surface area contributed by atoms with Crippen LogP contribution in [0, 0.1) is 0 Å². The van der Waals surface area contributed by atoms with Gasteiger partial charge in [0.25, 0.3) is 5.91 Å². The van der Waals surface area contributed by atoms with Gasteiger partial charge in [-0.1, -0.05) is 60.7 Å². The van der Waals surface area contributed by atoms with Crippen LogP contribution in [0.15, 0.2) is 73.1 Å². The predicted octanol–water partition coefficient (Wildman–Crippen LogP) is 2.31. The molecule has 0 fully saturated rings. The van der Waals surface area contributed by atoms with Crippen LogP contribution in [0.25, 0.3) is 0 Å². The highest BCUT2D eigenvalue weighted by molar-refractivity contribution is 7.88. The lowest BCUT2D eigenvalue weighted by Crippen LogP contribution is -2.53. The summed E-state index contributed by atoms with van der Waals surface area (Å²) in [6, 6.07) is 17.0. The topological polar surface area (TPSA) is 84.0 Å². The number of esters is 1. The molecule has 0 spiro atoms. The number of hydrogen-bond acceptors (Lipinski definition) is 5. The van der Waals surface area contributed by atoms with Crippen molar-refractivity contribution in [2.24, 2.45) is 0 Å². The first-order chi connectivity index (χ1) is 14.4. The molecule has 0 N–H and O–H groups in total. The Morgan fingerprint density at radius 3 is 2.17 bits per heavy atom. The summed E-state index contributed by atoms with van der Waals surface area (Å²) in [4.78, 5) is 26.2. The van der Waals surface area contributed by atoms with Gasteiger partial charge in [-0.25, -0.2) is 8.42 Å². The van der Waals surface area contributed by atoms with E-state index in [0.717, 1.165) is 9.87 Å². The number of carbonyl (C=O) groups excluding carboxylic acids is 2. The smallest absolute Gasteiger partial charge is 0.326 e. The minimum absolute atomic E-state index is 0.192. The maximum absolute atomic E-state index is 13.1. The number of sulfonamides is 1. The van der Waals surface area contributed by atoms with E-state index in [1.807, 2.05) is 36.4 Å². The molecular weight excluding hydrogens is 404 g/mol. The van der Waals surface area contributed by atoms with Crippen molar-refractivity contribution in [2.75, 3.05) is 13.2 Å². The van der Waals surface area contributed by atoms with Crippen molar-refractivity contribution in [3.8, 4) is 0 Å². The molecule has 0 saturated heterocycles. The molecule has 2 aromatic carbocycles. The molecule has 8 heteroatoms. The summed E-state index contributed by atoms with van der Waals surface area (Å²) in [6.07, 6.45) is 2.87. The maximum Gasteiger partial charge on any atom is 0.326 e. The highest BCUT2D eigenvalue weighted by atomic mass is 32.2. The molecule has 7 nitrogen and oxygen atoms in total. The Kier molecular flexibility index (Phi) is 6.89. The molecule has 158 valence electrons. The van der Waals surface area contributed by atoms with Crippen LogP contribution in [0.5, 0.6) is 0 Å². The van der Waals surface area contributed by atoms with Crippen molar-refractivity contribution in [3.05, 3.63) is 84.2 Å². The molecule has 0 radical (unpaired) electrons. The van der Waals surface area contributed by atoms with Crippen molar-refractivity contribution in [1.82, 2.24) is 9.21 Å². The van der Waals surface area contributed by atoms with E-state index < -0.39 is 27.9 Å². The number of ether oxygens (including phenoxy) is 1. The zero-order chi connectivity index (χ0) is 21.6. The average Bonchev–Trinajstić information content (AvgIpc) is 2.72. The minimum atomic E-state index is -3.82. The molecule has 1 atom stereocenters. The summed E-state index contributed by atoms with van der Waals surface area (Å²) < 4.78 is 32.3. The highest BCUT2D eigenvalue weighted by Crippen LogP contribution is 2.23. The number of carbonyl (C=O) groups is 2. The van der Waals surface area contributed by atoms with Crippen LogP contribution in [-0.4, -0.2) is 48.7 Å². The van der Waals surface area contributed by atoms with Crippen LogP contribution in [-0.2, 0) is 36.5 Å². The van der Waals surface area contributed by atoms with Crippen LogP contribution in [0.2, 0.25) is 0 Å². The first-order valence-corrected chi connectivity index (χ1v) is 11.2. The van der Waals surface area contributed by atoms with Gasteiger partial charge in [0, 0.05) is 18.8 Å². The summed E-state index contributed by atoms with van der Waals surface area (Å²) in [5, 5.41) is 0. The van der Waals surface area contributed by atoms with E-state index in [2.05, 4.69) is 0 Å². The van der Waals surface area contributed by atoms with Gasteiger partial charge in [0.05, 0.1) is 12.4 Å². The average molecular weight is 429 g/mol. The van der Waals surface area contributed by atoms with Gasteiger partial charge in [0.2, 0.25) is 10.0 Å². The lowest BCUT2D eigenvalue weighted by atomic mass is 10.0. The SMILES string of the molecule is CCOC(=O)CN1C=CN(S(=O)(=O)Cc2ccccc2)C(Cc2ccccc2)C1=O. The number of amides is 1. The fraction of sp³-hybridized carbons (Fsp3) is 0.273. The van der Waals surface area contributed by atoms with Gasteiger partial charge in [-0.2, -0.15) is 0 Å². The van der Waals surface area contributed by atoms with Crippen molar-refractivity contribution < 1.29 is 22.7 Å². The minimum Gasteiger partial charge on any atom is -0.465 e. The molecule has 0 saturated carbocycles. The van der Waals surface area contributed by atoms with Gasteiger partial charge in [0.1, 0.15) is 12.6 Å².